The average Bonchev–Trinajstić information content (AvgIpc) is 3.34. The minimum absolute atomic E-state index is 0.330. The maximum atomic E-state index is 12.2. The van der Waals surface area contributed by atoms with E-state index in [2.05, 4.69) is 25.8 Å². The number of aromatic nitrogens is 3. The molecule has 1 aliphatic rings. The molecule has 1 fully saturated rings. The Hall–Kier alpha value is -3.26. The third kappa shape index (κ3) is 3.78. The summed E-state index contributed by atoms with van der Waals surface area (Å²) in [6.07, 6.45) is -1.77. The molecular formula is C19H18F2N6O2S. The van der Waals surface area contributed by atoms with Crippen LogP contribution in [0.1, 0.15) is 10.6 Å². The molecule has 3 aromatic heterocycles. The van der Waals surface area contributed by atoms with Gasteiger partial charge in [-0.3, -0.25) is 0 Å². The summed E-state index contributed by atoms with van der Waals surface area (Å²) in [5.74, 6) is 0. The van der Waals surface area contributed by atoms with E-state index in [0.29, 0.717) is 54.2 Å². The summed E-state index contributed by atoms with van der Waals surface area (Å²) in [5.41, 5.74) is 3.21. The van der Waals surface area contributed by atoms with Crippen molar-refractivity contribution in [3.63, 3.8) is 0 Å². The zero-order valence-electron chi connectivity index (χ0n) is 16.1. The minimum Gasteiger partial charge on any atom is -0.443 e. The number of nitriles is 1. The number of pyridine rings is 1. The molecular weight excluding hydrogens is 414 g/mol. The van der Waals surface area contributed by atoms with E-state index < -0.39 is 19.1 Å². The predicted octanol–water partition coefficient (Wildman–Crippen LogP) is 3.39. The molecule has 0 unspecified atom stereocenters. The molecule has 0 aliphatic carbocycles. The number of amides is 1. The fourth-order valence-corrected chi connectivity index (χ4v) is 4.10. The van der Waals surface area contributed by atoms with Gasteiger partial charge in [-0.15, -0.1) is 11.3 Å². The molecule has 156 valence electrons. The van der Waals surface area contributed by atoms with E-state index >= 15 is 0 Å². The van der Waals surface area contributed by atoms with Crippen LogP contribution in [-0.4, -0.2) is 65.2 Å². The zero-order valence-corrected chi connectivity index (χ0v) is 16.9. The molecule has 4 rings (SSSR count). The fraction of sp³-hybridized carbons (Fsp3) is 0.368. The highest BCUT2D eigenvalue weighted by atomic mass is 32.1. The molecule has 1 amide bonds. The molecule has 0 aromatic carbocycles. The molecule has 0 bridgehead atoms. The number of ether oxygens (including phenoxy) is 1. The number of fused-ring (bicyclic) bond motifs is 1. The van der Waals surface area contributed by atoms with E-state index in [4.69, 9.17) is 0 Å². The second kappa shape index (κ2) is 8.23. The number of halogens is 2. The van der Waals surface area contributed by atoms with Crippen molar-refractivity contribution in [2.75, 3.05) is 37.7 Å². The highest BCUT2D eigenvalue weighted by molar-refractivity contribution is 7.09. The zero-order chi connectivity index (χ0) is 21.3. The Labute approximate surface area is 174 Å². The summed E-state index contributed by atoms with van der Waals surface area (Å²) in [7, 11) is 0. The lowest BCUT2D eigenvalue weighted by Gasteiger charge is -2.35. The van der Waals surface area contributed by atoms with Gasteiger partial charge in [0.05, 0.1) is 33.0 Å². The van der Waals surface area contributed by atoms with Crippen molar-refractivity contribution in [3.8, 4) is 17.5 Å². The minimum atomic E-state index is -2.69. The molecule has 1 aliphatic heterocycles. The van der Waals surface area contributed by atoms with Crippen LogP contribution in [0, 0.1) is 18.3 Å². The predicted molar refractivity (Wildman–Crippen MR) is 108 cm³/mol. The van der Waals surface area contributed by atoms with Crippen LogP contribution in [0.2, 0.25) is 0 Å². The number of carbonyl (C=O) groups is 1. The molecule has 8 nitrogen and oxygen atoms in total. The van der Waals surface area contributed by atoms with Crippen molar-refractivity contribution in [2.45, 2.75) is 13.3 Å². The van der Waals surface area contributed by atoms with Gasteiger partial charge >= 0.3 is 6.09 Å². The van der Waals surface area contributed by atoms with Gasteiger partial charge in [-0.2, -0.15) is 5.26 Å². The second-order valence-electron chi connectivity index (χ2n) is 6.73. The van der Waals surface area contributed by atoms with Crippen LogP contribution < -0.4 is 4.90 Å². The number of alkyl halides is 2. The number of hydrogen-bond donors (Lipinski definition) is 1. The van der Waals surface area contributed by atoms with Gasteiger partial charge in [0, 0.05) is 37.8 Å². The van der Waals surface area contributed by atoms with Crippen molar-refractivity contribution in [1.29, 1.82) is 5.26 Å². The Bertz CT molecular complexity index is 1110. The van der Waals surface area contributed by atoms with Crippen molar-refractivity contribution >= 4 is 34.2 Å². The molecule has 30 heavy (non-hydrogen) atoms. The molecule has 0 radical (unpaired) electrons. The third-order valence-electron chi connectivity index (χ3n) is 4.87. The van der Waals surface area contributed by atoms with Gasteiger partial charge in [-0.05, 0) is 13.0 Å². The van der Waals surface area contributed by atoms with Crippen LogP contribution in [0.25, 0.3) is 22.4 Å². The number of aromatic amines is 1. The number of nitrogens with zero attached hydrogens (tertiary/aromatic N) is 5. The number of hydrogen-bond acceptors (Lipinski definition) is 7. The summed E-state index contributed by atoms with van der Waals surface area (Å²) < 4.78 is 29.1. The summed E-state index contributed by atoms with van der Waals surface area (Å²) in [6.45, 7) is 2.61. The maximum absolute atomic E-state index is 12.2. The van der Waals surface area contributed by atoms with Gasteiger partial charge in [-0.1, -0.05) is 0 Å². The van der Waals surface area contributed by atoms with E-state index in [1.54, 1.807) is 6.20 Å². The van der Waals surface area contributed by atoms with Gasteiger partial charge in [0.15, 0.2) is 6.61 Å². The number of H-pyrrole nitrogens is 1. The maximum Gasteiger partial charge on any atom is 0.410 e. The first kappa shape index (κ1) is 20.0. The van der Waals surface area contributed by atoms with Crippen LogP contribution in [0.4, 0.5) is 19.3 Å². The van der Waals surface area contributed by atoms with E-state index in [0.717, 1.165) is 10.7 Å². The lowest BCUT2D eigenvalue weighted by atomic mass is 10.1. The lowest BCUT2D eigenvalue weighted by molar-refractivity contribution is 0.0311. The monoisotopic (exact) mass is 432 g/mol. The van der Waals surface area contributed by atoms with Crippen molar-refractivity contribution in [1.82, 2.24) is 19.9 Å². The normalized spacial score (nSPS) is 14.4. The Morgan fingerprint density at radius 2 is 2.17 bits per heavy atom. The average molecular weight is 432 g/mol. The highest BCUT2D eigenvalue weighted by Gasteiger charge is 2.26. The van der Waals surface area contributed by atoms with Gasteiger partial charge in [0.2, 0.25) is 0 Å². The number of thiazole rings is 1. The first-order valence-electron chi connectivity index (χ1n) is 9.26. The molecule has 11 heteroatoms. The standard InChI is InChI=1S/C19H18F2N6O2S/c1-11-24-13(10-30-11)17-12(8-22)16-14(2-3-23-18(16)25-17)26-4-6-27(7-5-26)19(28)29-9-15(20)21/h2-3,10,15H,4-7,9H2,1H3,(H,23,25). The van der Waals surface area contributed by atoms with Gasteiger partial charge < -0.3 is 19.5 Å². The number of nitrogens with one attached hydrogen (secondary N) is 1. The van der Waals surface area contributed by atoms with E-state index in [9.17, 15) is 18.8 Å². The SMILES string of the molecule is Cc1nc(-c2[nH]c3nccc(N4CCN(C(=O)OCC(F)F)CC4)c3c2C#N)cs1. The van der Waals surface area contributed by atoms with E-state index in [-0.39, 0.29) is 0 Å². The topological polar surface area (TPSA) is 98.1 Å². The molecule has 1 saturated heterocycles. The molecule has 0 saturated carbocycles. The Morgan fingerprint density at radius 1 is 1.40 bits per heavy atom. The smallest absolute Gasteiger partial charge is 0.410 e. The molecule has 4 heterocycles. The van der Waals surface area contributed by atoms with Crippen LogP contribution in [0.3, 0.4) is 0 Å². The Balaban J connectivity index is 1.59. The van der Waals surface area contributed by atoms with Gasteiger partial charge in [0.1, 0.15) is 11.7 Å². The van der Waals surface area contributed by atoms with Crippen molar-refractivity contribution in [2.24, 2.45) is 0 Å². The van der Waals surface area contributed by atoms with Crippen LogP contribution in [0.5, 0.6) is 0 Å². The summed E-state index contributed by atoms with van der Waals surface area (Å²) in [6, 6.07) is 4.10. The van der Waals surface area contributed by atoms with E-state index in [1.165, 1.54) is 16.2 Å². The molecule has 3 aromatic rings. The fourth-order valence-electron chi connectivity index (χ4n) is 3.50. The largest absolute Gasteiger partial charge is 0.443 e. The number of aryl methyl sites for hydroxylation is 1. The lowest BCUT2D eigenvalue weighted by Crippen LogP contribution is -2.49. The summed E-state index contributed by atoms with van der Waals surface area (Å²) >= 11 is 1.50. The summed E-state index contributed by atoms with van der Waals surface area (Å²) in [5, 5.41) is 13.3. The molecule has 0 atom stereocenters. The van der Waals surface area contributed by atoms with Gasteiger partial charge in [-0.25, -0.2) is 23.5 Å². The number of piperazine rings is 1. The number of carbonyl (C=O) groups excluding carboxylic acids is 1. The highest BCUT2D eigenvalue weighted by Crippen LogP contribution is 2.35. The van der Waals surface area contributed by atoms with Crippen LogP contribution in [0.15, 0.2) is 17.6 Å². The Morgan fingerprint density at radius 3 is 2.80 bits per heavy atom. The van der Waals surface area contributed by atoms with Crippen LogP contribution in [-0.2, 0) is 4.74 Å². The first-order valence-corrected chi connectivity index (χ1v) is 10.1. The van der Waals surface area contributed by atoms with Gasteiger partial charge in [0.25, 0.3) is 6.43 Å². The molecule has 0 spiro atoms. The Kier molecular flexibility index (Phi) is 5.50. The third-order valence-corrected chi connectivity index (χ3v) is 5.64. The van der Waals surface area contributed by atoms with Crippen LogP contribution >= 0.6 is 11.3 Å². The number of rotatable bonds is 4. The first-order chi connectivity index (χ1) is 14.5. The molecule has 1 N–H and O–H groups in total. The number of anilines is 1. The van der Waals surface area contributed by atoms with Crippen molar-refractivity contribution < 1.29 is 18.3 Å². The summed E-state index contributed by atoms with van der Waals surface area (Å²) in [4.78, 5) is 27.4. The quantitative estimate of drug-likeness (QED) is 0.679. The van der Waals surface area contributed by atoms with E-state index in [1.807, 2.05) is 23.3 Å². The second-order valence-corrected chi connectivity index (χ2v) is 7.80. The van der Waals surface area contributed by atoms with Crippen molar-refractivity contribution in [3.05, 3.63) is 28.2 Å².